The maximum Gasteiger partial charge on any atom is 0.421 e. The number of ether oxygens (including phenoxy) is 1. The molecule has 0 aliphatic heterocycles. The van der Waals surface area contributed by atoms with Crippen LogP contribution in [0, 0.1) is 6.92 Å². The molecule has 0 bridgehead atoms. The fourth-order valence-electron chi connectivity index (χ4n) is 1.69. The van der Waals surface area contributed by atoms with E-state index in [-0.39, 0.29) is 23.9 Å². The predicted octanol–water partition coefficient (Wildman–Crippen LogP) is 1.28. The second kappa shape index (κ2) is 8.92. The number of nitrogens with one attached hydrogen (secondary N) is 3. The minimum Gasteiger partial charge on any atom is -0.441 e. The molecular formula is C15H21N3O5S. The Kier molecular flexibility index (Phi) is 7.25. The van der Waals surface area contributed by atoms with Crippen LogP contribution in [0.2, 0.25) is 0 Å². The summed E-state index contributed by atoms with van der Waals surface area (Å²) in [5.74, 6) is 0. The molecule has 0 aliphatic carbocycles. The third-order valence-corrected chi connectivity index (χ3v) is 4.34. The first kappa shape index (κ1) is 19.5. The SMILES string of the molecule is C=CC(CCNC(=O)NC)OC(=O)NS(=O)(=O)c1ccc(C)cc1. The Balaban J connectivity index is 2.58. The average Bonchev–Trinajstić information content (AvgIpc) is 2.53. The molecule has 1 atom stereocenters. The maximum atomic E-state index is 12.1. The molecule has 8 nitrogen and oxygen atoms in total. The normalized spacial score (nSPS) is 11.9. The van der Waals surface area contributed by atoms with Gasteiger partial charge in [0.15, 0.2) is 0 Å². The van der Waals surface area contributed by atoms with Gasteiger partial charge in [-0.15, -0.1) is 0 Å². The number of amides is 3. The van der Waals surface area contributed by atoms with E-state index in [0.29, 0.717) is 0 Å². The first-order valence-corrected chi connectivity index (χ1v) is 8.65. The Bertz CT molecular complexity index is 686. The van der Waals surface area contributed by atoms with Crippen molar-refractivity contribution in [3.8, 4) is 0 Å². The summed E-state index contributed by atoms with van der Waals surface area (Å²) in [7, 11) is -2.53. The summed E-state index contributed by atoms with van der Waals surface area (Å²) in [6, 6.07) is 5.66. The lowest BCUT2D eigenvalue weighted by Crippen LogP contribution is -2.36. The molecule has 1 aromatic carbocycles. The van der Waals surface area contributed by atoms with Gasteiger partial charge < -0.3 is 15.4 Å². The summed E-state index contributed by atoms with van der Waals surface area (Å²) in [5, 5.41) is 4.90. The minimum atomic E-state index is -4.01. The summed E-state index contributed by atoms with van der Waals surface area (Å²) < 4.78 is 30.9. The Morgan fingerprint density at radius 3 is 2.46 bits per heavy atom. The van der Waals surface area contributed by atoms with E-state index in [9.17, 15) is 18.0 Å². The zero-order valence-corrected chi connectivity index (χ0v) is 14.4. The number of urea groups is 1. The fourth-order valence-corrected chi connectivity index (χ4v) is 2.57. The van der Waals surface area contributed by atoms with E-state index in [1.807, 2.05) is 11.6 Å². The van der Waals surface area contributed by atoms with E-state index in [2.05, 4.69) is 17.2 Å². The Morgan fingerprint density at radius 2 is 1.92 bits per heavy atom. The van der Waals surface area contributed by atoms with Gasteiger partial charge in [-0.1, -0.05) is 30.4 Å². The number of hydrogen-bond donors (Lipinski definition) is 3. The number of rotatable bonds is 7. The topological polar surface area (TPSA) is 114 Å². The summed E-state index contributed by atoms with van der Waals surface area (Å²) in [6.07, 6.45) is -0.241. The van der Waals surface area contributed by atoms with Gasteiger partial charge in [-0.25, -0.2) is 22.7 Å². The summed E-state index contributed by atoms with van der Waals surface area (Å²) in [5.41, 5.74) is 0.895. The smallest absolute Gasteiger partial charge is 0.421 e. The van der Waals surface area contributed by atoms with Crippen molar-refractivity contribution in [1.29, 1.82) is 0 Å². The second-order valence-corrected chi connectivity index (χ2v) is 6.57. The zero-order chi connectivity index (χ0) is 18.2. The van der Waals surface area contributed by atoms with E-state index < -0.39 is 22.2 Å². The molecule has 132 valence electrons. The highest BCUT2D eigenvalue weighted by Crippen LogP contribution is 2.10. The number of sulfonamides is 1. The average molecular weight is 355 g/mol. The van der Waals surface area contributed by atoms with Crippen LogP contribution >= 0.6 is 0 Å². The van der Waals surface area contributed by atoms with Crippen molar-refractivity contribution >= 4 is 22.1 Å². The van der Waals surface area contributed by atoms with Crippen molar-refractivity contribution in [1.82, 2.24) is 15.4 Å². The van der Waals surface area contributed by atoms with Crippen molar-refractivity contribution in [2.45, 2.75) is 24.3 Å². The van der Waals surface area contributed by atoms with Gasteiger partial charge in [-0.2, -0.15) is 0 Å². The van der Waals surface area contributed by atoms with Gasteiger partial charge in [0, 0.05) is 20.0 Å². The Morgan fingerprint density at radius 1 is 1.29 bits per heavy atom. The minimum absolute atomic E-state index is 0.0403. The summed E-state index contributed by atoms with van der Waals surface area (Å²) in [4.78, 5) is 22.7. The number of carbonyl (C=O) groups excluding carboxylic acids is 2. The van der Waals surface area contributed by atoms with Gasteiger partial charge >= 0.3 is 12.1 Å². The van der Waals surface area contributed by atoms with Crippen LogP contribution in [0.3, 0.4) is 0 Å². The van der Waals surface area contributed by atoms with Crippen LogP contribution in [0.1, 0.15) is 12.0 Å². The van der Waals surface area contributed by atoms with Crippen LogP contribution in [0.15, 0.2) is 41.8 Å². The second-order valence-electron chi connectivity index (χ2n) is 4.89. The molecule has 0 aromatic heterocycles. The lowest BCUT2D eigenvalue weighted by atomic mass is 10.2. The molecule has 9 heteroatoms. The van der Waals surface area contributed by atoms with Gasteiger partial charge in [-0.3, -0.25) is 0 Å². The van der Waals surface area contributed by atoms with Crippen LogP contribution in [-0.4, -0.2) is 40.2 Å². The van der Waals surface area contributed by atoms with Gasteiger partial charge in [0.1, 0.15) is 6.10 Å². The van der Waals surface area contributed by atoms with E-state index in [1.54, 1.807) is 12.1 Å². The molecule has 0 fully saturated rings. The fraction of sp³-hybridized carbons (Fsp3) is 0.333. The Hall–Kier alpha value is -2.55. The molecule has 0 radical (unpaired) electrons. The van der Waals surface area contributed by atoms with Crippen molar-refractivity contribution in [3.63, 3.8) is 0 Å². The standard InChI is InChI=1S/C15H21N3O5S/c1-4-12(9-10-17-14(19)16-3)23-15(20)18-24(21,22)13-7-5-11(2)6-8-13/h4-8,12H,1,9-10H2,2-3H3,(H,18,20)(H2,16,17,19). The maximum absolute atomic E-state index is 12.1. The van der Waals surface area contributed by atoms with Crippen molar-refractivity contribution in [2.24, 2.45) is 0 Å². The van der Waals surface area contributed by atoms with Gasteiger partial charge in [0.25, 0.3) is 10.0 Å². The highest BCUT2D eigenvalue weighted by molar-refractivity contribution is 7.90. The molecule has 0 heterocycles. The molecular weight excluding hydrogens is 334 g/mol. The molecule has 0 aliphatic rings. The number of aryl methyl sites for hydroxylation is 1. The van der Waals surface area contributed by atoms with Crippen molar-refractivity contribution in [2.75, 3.05) is 13.6 Å². The molecule has 1 rings (SSSR count). The van der Waals surface area contributed by atoms with Crippen LogP contribution in [0.25, 0.3) is 0 Å². The van der Waals surface area contributed by atoms with Crippen LogP contribution < -0.4 is 15.4 Å². The Labute approximate surface area is 141 Å². The van der Waals surface area contributed by atoms with Crippen molar-refractivity contribution in [3.05, 3.63) is 42.5 Å². The van der Waals surface area contributed by atoms with Crippen LogP contribution in [-0.2, 0) is 14.8 Å². The molecule has 1 unspecified atom stereocenters. The van der Waals surface area contributed by atoms with Gasteiger partial charge in [-0.05, 0) is 19.1 Å². The first-order valence-electron chi connectivity index (χ1n) is 7.16. The molecule has 24 heavy (non-hydrogen) atoms. The quantitative estimate of drug-likeness (QED) is 0.638. The third-order valence-electron chi connectivity index (χ3n) is 3.01. The van der Waals surface area contributed by atoms with E-state index in [0.717, 1.165) is 5.56 Å². The largest absolute Gasteiger partial charge is 0.441 e. The lowest BCUT2D eigenvalue weighted by Gasteiger charge is -2.15. The van der Waals surface area contributed by atoms with Gasteiger partial charge in [0.05, 0.1) is 4.90 Å². The monoisotopic (exact) mass is 355 g/mol. The molecule has 0 saturated carbocycles. The molecule has 3 amide bonds. The highest BCUT2D eigenvalue weighted by Gasteiger charge is 2.20. The first-order chi connectivity index (χ1) is 11.3. The summed E-state index contributed by atoms with van der Waals surface area (Å²) >= 11 is 0. The van der Waals surface area contributed by atoms with E-state index in [1.165, 1.54) is 25.3 Å². The van der Waals surface area contributed by atoms with E-state index >= 15 is 0 Å². The van der Waals surface area contributed by atoms with Crippen LogP contribution in [0.4, 0.5) is 9.59 Å². The molecule has 0 spiro atoms. The third kappa shape index (κ3) is 6.29. The number of benzene rings is 1. The predicted molar refractivity (Wildman–Crippen MR) is 89.0 cm³/mol. The van der Waals surface area contributed by atoms with E-state index in [4.69, 9.17) is 4.74 Å². The molecule has 1 aromatic rings. The molecule has 0 saturated heterocycles. The lowest BCUT2D eigenvalue weighted by molar-refractivity contribution is 0.121. The van der Waals surface area contributed by atoms with Crippen molar-refractivity contribution < 1.29 is 22.7 Å². The van der Waals surface area contributed by atoms with Gasteiger partial charge in [0.2, 0.25) is 0 Å². The zero-order valence-electron chi connectivity index (χ0n) is 13.5. The highest BCUT2D eigenvalue weighted by atomic mass is 32.2. The number of hydrogen-bond acceptors (Lipinski definition) is 5. The summed E-state index contributed by atoms with van der Waals surface area (Å²) in [6.45, 7) is 5.56. The van der Waals surface area contributed by atoms with Crippen LogP contribution in [0.5, 0.6) is 0 Å². The molecule has 3 N–H and O–H groups in total. The number of carbonyl (C=O) groups is 2.